The summed E-state index contributed by atoms with van der Waals surface area (Å²) in [6.45, 7) is 0.855. The van der Waals surface area contributed by atoms with Crippen molar-refractivity contribution in [2.45, 2.75) is 12.8 Å². The minimum absolute atomic E-state index is 0.0276. The van der Waals surface area contributed by atoms with E-state index in [1.165, 1.54) is 4.90 Å². The lowest BCUT2D eigenvalue weighted by Gasteiger charge is -2.17. The van der Waals surface area contributed by atoms with Gasteiger partial charge in [-0.15, -0.1) is 0 Å². The summed E-state index contributed by atoms with van der Waals surface area (Å²) in [7, 11) is 1.54. The molecule has 1 saturated heterocycles. The number of carbonyl (C=O) groups is 3. The molecule has 2 aliphatic rings. The van der Waals surface area contributed by atoms with Crippen LogP contribution >= 0.6 is 0 Å². The summed E-state index contributed by atoms with van der Waals surface area (Å²) in [5.41, 5.74) is 1.16. The maximum absolute atomic E-state index is 12.4. The van der Waals surface area contributed by atoms with Crippen LogP contribution in [0.2, 0.25) is 0 Å². The topological polar surface area (TPSA) is 103 Å². The van der Waals surface area contributed by atoms with Crippen molar-refractivity contribution in [1.82, 2.24) is 0 Å². The number of fused-ring (bicyclic) bond motifs is 1. The highest BCUT2D eigenvalue weighted by molar-refractivity contribution is 6.00. The SMILES string of the molecule is COc1cccc(N2CC(C(=O)OCC(=O)Nc3ccc4c(c3)OCCCO4)CC2=O)c1. The van der Waals surface area contributed by atoms with Crippen LogP contribution in [-0.2, 0) is 19.1 Å². The van der Waals surface area contributed by atoms with E-state index >= 15 is 0 Å². The molecule has 168 valence electrons. The third kappa shape index (κ3) is 4.93. The quantitative estimate of drug-likeness (QED) is 0.688. The van der Waals surface area contributed by atoms with Gasteiger partial charge in [-0.05, 0) is 24.3 Å². The number of carbonyl (C=O) groups excluding carboxylic acids is 3. The monoisotopic (exact) mass is 440 g/mol. The van der Waals surface area contributed by atoms with Crippen molar-refractivity contribution in [3.63, 3.8) is 0 Å². The van der Waals surface area contributed by atoms with Gasteiger partial charge in [0.05, 0.1) is 26.2 Å². The molecule has 2 aromatic rings. The van der Waals surface area contributed by atoms with Gasteiger partial charge in [0.2, 0.25) is 5.91 Å². The minimum Gasteiger partial charge on any atom is -0.497 e. The van der Waals surface area contributed by atoms with E-state index in [9.17, 15) is 14.4 Å². The Morgan fingerprint density at radius 2 is 1.94 bits per heavy atom. The van der Waals surface area contributed by atoms with Gasteiger partial charge < -0.3 is 29.2 Å². The normalized spacial score (nSPS) is 17.5. The average molecular weight is 440 g/mol. The van der Waals surface area contributed by atoms with Crippen LogP contribution in [0.1, 0.15) is 12.8 Å². The summed E-state index contributed by atoms with van der Waals surface area (Å²) >= 11 is 0. The number of benzene rings is 2. The molecule has 1 N–H and O–H groups in total. The van der Waals surface area contributed by atoms with Crippen LogP contribution in [0.25, 0.3) is 0 Å². The number of nitrogens with one attached hydrogen (secondary N) is 1. The van der Waals surface area contributed by atoms with Gasteiger partial charge in [0.15, 0.2) is 18.1 Å². The molecule has 1 fully saturated rings. The zero-order chi connectivity index (χ0) is 22.5. The Hall–Kier alpha value is -3.75. The molecule has 1 atom stereocenters. The van der Waals surface area contributed by atoms with Crippen LogP contribution in [0.3, 0.4) is 0 Å². The molecule has 32 heavy (non-hydrogen) atoms. The number of nitrogens with zero attached hydrogens (tertiary/aromatic N) is 1. The number of rotatable bonds is 6. The fraction of sp³-hybridized carbons (Fsp3) is 0.348. The molecule has 0 spiro atoms. The van der Waals surface area contributed by atoms with Gasteiger partial charge in [0.25, 0.3) is 5.91 Å². The van der Waals surface area contributed by atoms with Crippen molar-refractivity contribution < 1.29 is 33.3 Å². The standard InChI is InChI=1S/C23H24N2O7/c1-29-18-5-2-4-17(12-18)25-13-15(10-22(25)27)23(28)32-14-21(26)24-16-6-7-19-20(11-16)31-9-3-8-30-19/h2,4-7,11-12,15H,3,8-10,13-14H2,1H3,(H,24,26). The third-order valence-corrected chi connectivity index (χ3v) is 5.20. The molecule has 2 amide bonds. The maximum Gasteiger partial charge on any atom is 0.311 e. The Balaban J connectivity index is 1.29. The van der Waals surface area contributed by atoms with E-state index < -0.39 is 24.4 Å². The second kappa shape index (κ2) is 9.59. The second-order valence-electron chi connectivity index (χ2n) is 7.47. The lowest BCUT2D eigenvalue weighted by Crippen LogP contribution is -2.28. The van der Waals surface area contributed by atoms with Crippen molar-refractivity contribution in [2.75, 3.05) is 43.7 Å². The average Bonchev–Trinajstić information content (AvgIpc) is 3.04. The lowest BCUT2D eigenvalue weighted by atomic mass is 10.1. The maximum atomic E-state index is 12.4. The summed E-state index contributed by atoms with van der Waals surface area (Å²) < 4.78 is 21.5. The van der Waals surface area contributed by atoms with E-state index in [2.05, 4.69) is 5.32 Å². The molecule has 0 bridgehead atoms. The molecular formula is C23H24N2O7. The molecule has 1 unspecified atom stereocenters. The van der Waals surface area contributed by atoms with Crippen LogP contribution in [0.15, 0.2) is 42.5 Å². The molecule has 9 heteroatoms. The molecule has 9 nitrogen and oxygen atoms in total. The highest BCUT2D eigenvalue weighted by atomic mass is 16.5. The Bertz CT molecular complexity index is 1020. The Morgan fingerprint density at radius 3 is 2.75 bits per heavy atom. The number of amides is 2. The van der Waals surface area contributed by atoms with Crippen LogP contribution in [-0.4, -0.2) is 51.3 Å². The van der Waals surface area contributed by atoms with Crippen LogP contribution in [0.4, 0.5) is 11.4 Å². The Kier molecular flexibility index (Phi) is 6.44. The van der Waals surface area contributed by atoms with Crippen molar-refractivity contribution in [2.24, 2.45) is 5.92 Å². The van der Waals surface area contributed by atoms with Crippen molar-refractivity contribution in [3.8, 4) is 17.2 Å². The molecule has 2 aliphatic heterocycles. The first kappa shape index (κ1) is 21.5. The molecule has 2 aromatic carbocycles. The summed E-state index contributed by atoms with van der Waals surface area (Å²) in [6.07, 6.45) is 0.811. The van der Waals surface area contributed by atoms with Crippen LogP contribution in [0.5, 0.6) is 17.2 Å². The lowest BCUT2D eigenvalue weighted by molar-refractivity contribution is -0.151. The Labute approximate surface area is 185 Å². The third-order valence-electron chi connectivity index (χ3n) is 5.20. The molecule has 0 radical (unpaired) electrons. The molecule has 2 heterocycles. The molecule has 0 aromatic heterocycles. The van der Waals surface area contributed by atoms with Crippen molar-refractivity contribution in [1.29, 1.82) is 0 Å². The number of hydrogen-bond acceptors (Lipinski definition) is 7. The van der Waals surface area contributed by atoms with Crippen molar-refractivity contribution in [3.05, 3.63) is 42.5 Å². The summed E-state index contributed by atoms with van der Waals surface area (Å²) in [5.74, 6) is -0.0960. The predicted octanol–water partition coefficient (Wildman–Crippen LogP) is 2.39. The molecule has 0 aliphatic carbocycles. The number of methoxy groups -OCH3 is 1. The number of hydrogen-bond donors (Lipinski definition) is 1. The van der Waals surface area contributed by atoms with E-state index in [1.807, 2.05) is 0 Å². The number of anilines is 2. The largest absolute Gasteiger partial charge is 0.497 e. The van der Waals surface area contributed by atoms with E-state index in [0.717, 1.165) is 6.42 Å². The van der Waals surface area contributed by atoms with Gasteiger partial charge >= 0.3 is 5.97 Å². The fourth-order valence-electron chi connectivity index (χ4n) is 3.59. The van der Waals surface area contributed by atoms with E-state index in [0.29, 0.717) is 41.8 Å². The number of ether oxygens (including phenoxy) is 4. The zero-order valence-electron chi connectivity index (χ0n) is 17.7. The summed E-state index contributed by atoms with van der Waals surface area (Å²) in [5, 5.41) is 2.67. The van der Waals surface area contributed by atoms with E-state index in [1.54, 1.807) is 49.6 Å². The van der Waals surface area contributed by atoms with Gasteiger partial charge in [-0.1, -0.05) is 6.07 Å². The molecule has 4 rings (SSSR count). The van der Waals surface area contributed by atoms with E-state index in [-0.39, 0.29) is 18.9 Å². The zero-order valence-corrected chi connectivity index (χ0v) is 17.7. The smallest absolute Gasteiger partial charge is 0.311 e. The fourth-order valence-corrected chi connectivity index (χ4v) is 3.59. The molecular weight excluding hydrogens is 416 g/mol. The first-order valence-corrected chi connectivity index (χ1v) is 10.3. The summed E-state index contributed by atoms with van der Waals surface area (Å²) in [6, 6.07) is 12.1. The van der Waals surface area contributed by atoms with Crippen molar-refractivity contribution >= 4 is 29.2 Å². The first-order valence-electron chi connectivity index (χ1n) is 10.3. The van der Waals surface area contributed by atoms with Crippen LogP contribution in [0, 0.1) is 5.92 Å². The highest BCUT2D eigenvalue weighted by Gasteiger charge is 2.36. The van der Waals surface area contributed by atoms with Gasteiger partial charge in [0, 0.05) is 42.9 Å². The van der Waals surface area contributed by atoms with Gasteiger partial charge in [-0.25, -0.2) is 0 Å². The molecule has 0 saturated carbocycles. The second-order valence-corrected chi connectivity index (χ2v) is 7.47. The highest BCUT2D eigenvalue weighted by Crippen LogP contribution is 2.32. The predicted molar refractivity (Wildman–Crippen MR) is 115 cm³/mol. The first-order chi connectivity index (χ1) is 15.5. The van der Waals surface area contributed by atoms with Gasteiger partial charge in [-0.2, -0.15) is 0 Å². The van der Waals surface area contributed by atoms with Crippen LogP contribution < -0.4 is 24.4 Å². The summed E-state index contributed by atoms with van der Waals surface area (Å²) in [4.78, 5) is 38.6. The van der Waals surface area contributed by atoms with Gasteiger partial charge in [0.1, 0.15) is 5.75 Å². The minimum atomic E-state index is -0.639. The Morgan fingerprint density at radius 1 is 1.12 bits per heavy atom. The number of esters is 1. The van der Waals surface area contributed by atoms with E-state index in [4.69, 9.17) is 18.9 Å². The van der Waals surface area contributed by atoms with Gasteiger partial charge in [-0.3, -0.25) is 14.4 Å².